The second kappa shape index (κ2) is 6.99. The number of rotatable bonds is 7. The molecule has 6 nitrogen and oxygen atoms in total. The molecule has 1 aromatic carbocycles. The first-order valence-corrected chi connectivity index (χ1v) is 7.05. The summed E-state index contributed by atoms with van der Waals surface area (Å²) in [6.07, 6.45) is 5.62. The van der Waals surface area contributed by atoms with Gasteiger partial charge in [0.2, 0.25) is 0 Å². The van der Waals surface area contributed by atoms with E-state index in [-0.39, 0.29) is 16.7 Å². The number of non-ortho nitro benzene ring substituents is 1. The van der Waals surface area contributed by atoms with Crippen molar-refractivity contribution in [2.45, 2.75) is 25.8 Å². The highest BCUT2D eigenvalue weighted by molar-refractivity contribution is 5.35. The lowest BCUT2D eigenvalue weighted by molar-refractivity contribution is -0.384. The van der Waals surface area contributed by atoms with Crippen LogP contribution in [0.2, 0.25) is 0 Å². The molecule has 21 heavy (non-hydrogen) atoms. The second-order valence-corrected chi connectivity index (χ2v) is 5.04. The summed E-state index contributed by atoms with van der Waals surface area (Å²) < 4.78 is 1.78. The number of nitro benzene ring substituents is 1. The topological polar surface area (TPSA) is 73.0 Å². The van der Waals surface area contributed by atoms with E-state index in [1.165, 1.54) is 11.6 Å². The van der Waals surface area contributed by atoms with Gasteiger partial charge >= 0.3 is 0 Å². The van der Waals surface area contributed by atoms with Gasteiger partial charge in [0, 0.05) is 31.4 Å². The van der Waals surface area contributed by atoms with E-state index < -0.39 is 0 Å². The Kier molecular flexibility index (Phi) is 5.05. The number of nitrogens with zero attached hydrogens (tertiary/aromatic N) is 3. The van der Waals surface area contributed by atoms with Crippen molar-refractivity contribution in [2.24, 2.45) is 7.05 Å². The highest BCUT2D eigenvalue weighted by Gasteiger charge is 2.12. The highest BCUT2D eigenvalue weighted by atomic mass is 16.6. The molecular formula is C15H20N4O2. The van der Waals surface area contributed by atoms with Crippen LogP contribution in [0.5, 0.6) is 0 Å². The summed E-state index contributed by atoms with van der Waals surface area (Å²) in [4.78, 5) is 10.5. The van der Waals surface area contributed by atoms with E-state index in [9.17, 15) is 10.1 Å². The number of nitrogens with one attached hydrogen (secondary N) is 1. The molecule has 0 radical (unpaired) electrons. The number of aromatic nitrogens is 2. The van der Waals surface area contributed by atoms with Gasteiger partial charge in [0.05, 0.1) is 11.1 Å². The largest absolute Gasteiger partial charge is 0.310 e. The molecule has 0 saturated heterocycles. The fourth-order valence-electron chi connectivity index (χ4n) is 2.34. The molecule has 112 valence electrons. The summed E-state index contributed by atoms with van der Waals surface area (Å²) in [6, 6.07) is 6.95. The molecular weight excluding hydrogens is 268 g/mol. The first kappa shape index (κ1) is 15.2. The van der Waals surface area contributed by atoms with Crippen molar-refractivity contribution >= 4 is 5.69 Å². The Labute approximate surface area is 123 Å². The van der Waals surface area contributed by atoms with E-state index in [0.29, 0.717) is 0 Å². The Morgan fingerprint density at radius 1 is 1.48 bits per heavy atom. The van der Waals surface area contributed by atoms with Crippen LogP contribution in [0.25, 0.3) is 0 Å². The minimum absolute atomic E-state index is 0.126. The lowest BCUT2D eigenvalue weighted by Gasteiger charge is -2.17. The summed E-state index contributed by atoms with van der Waals surface area (Å²) in [5.41, 5.74) is 2.27. The zero-order chi connectivity index (χ0) is 15.2. The van der Waals surface area contributed by atoms with Crippen molar-refractivity contribution in [3.63, 3.8) is 0 Å². The third-order valence-electron chi connectivity index (χ3n) is 3.45. The molecule has 1 aromatic heterocycles. The van der Waals surface area contributed by atoms with Crippen molar-refractivity contribution in [2.75, 3.05) is 6.54 Å². The summed E-state index contributed by atoms with van der Waals surface area (Å²) in [5.74, 6) is 0. The molecule has 0 aliphatic rings. The van der Waals surface area contributed by atoms with Gasteiger partial charge in [-0.05, 0) is 30.5 Å². The average molecular weight is 288 g/mol. The summed E-state index contributed by atoms with van der Waals surface area (Å²) >= 11 is 0. The molecule has 2 aromatic rings. The third kappa shape index (κ3) is 4.13. The van der Waals surface area contributed by atoms with Gasteiger partial charge in [-0.15, -0.1) is 0 Å². The van der Waals surface area contributed by atoms with Gasteiger partial charge in [-0.3, -0.25) is 14.8 Å². The predicted molar refractivity (Wildman–Crippen MR) is 81.0 cm³/mol. The molecule has 2 rings (SSSR count). The van der Waals surface area contributed by atoms with E-state index in [4.69, 9.17) is 0 Å². The van der Waals surface area contributed by atoms with Gasteiger partial charge < -0.3 is 5.32 Å². The Morgan fingerprint density at radius 2 is 2.29 bits per heavy atom. The first-order valence-electron chi connectivity index (χ1n) is 7.05. The molecule has 0 spiro atoms. The quantitative estimate of drug-likeness (QED) is 0.628. The van der Waals surface area contributed by atoms with Crippen molar-refractivity contribution in [3.05, 3.63) is 57.9 Å². The molecule has 0 bridgehead atoms. The van der Waals surface area contributed by atoms with Gasteiger partial charge in [-0.2, -0.15) is 5.10 Å². The predicted octanol–water partition coefficient (Wildman–Crippen LogP) is 2.61. The second-order valence-electron chi connectivity index (χ2n) is 5.04. The molecule has 1 heterocycles. The van der Waals surface area contributed by atoms with Gasteiger partial charge in [-0.1, -0.05) is 19.1 Å². The maximum Gasteiger partial charge on any atom is 0.269 e. The third-order valence-corrected chi connectivity index (χ3v) is 3.45. The van der Waals surface area contributed by atoms with Crippen LogP contribution >= 0.6 is 0 Å². The number of hydrogen-bond acceptors (Lipinski definition) is 4. The monoisotopic (exact) mass is 288 g/mol. The normalized spacial score (nSPS) is 12.3. The summed E-state index contributed by atoms with van der Waals surface area (Å²) in [5, 5.41) is 18.4. The zero-order valence-corrected chi connectivity index (χ0v) is 12.3. The van der Waals surface area contributed by atoms with Crippen LogP contribution in [0, 0.1) is 10.1 Å². The van der Waals surface area contributed by atoms with Crippen molar-refractivity contribution < 1.29 is 4.92 Å². The SMILES string of the molecule is CCC(NCCc1cnn(C)c1)c1cccc([N+](=O)[O-])c1. The standard InChI is InChI=1S/C15H20N4O2/c1-3-15(13-5-4-6-14(9-13)19(20)21)16-8-7-12-10-17-18(2)11-12/h4-6,9-11,15-16H,3,7-8H2,1-2H3. The Hall–Kier alpha value is -2.21. The van der Waals surface area contributed by atoms with Crippen LogP contribution in [0.4, 0.5) is 5.69 Å². The molecule has 1 N–H and O–H groups in total. The molecule has 0 amide bonds. The van der Waals surface area contributed by atoms with Crippen LogP contribution in [0.3, 0.4) is 0 Å². The molecule has 0 saturated carbocycles. The van der Waals surface area contributed by atoms with Gasteiger partial charge in [0.15, 0.2) is 0 Å². The van der Waals surface area contributed by atoms with Gasteiger partial charge in [0.1, 0.15) is 0 Å². The van der Waals surface area contributed by atoms with Crippen LogP contribution in [-0.4, -0.2) is 21.2 Å². The first-order chi connectivity index (χ1) is 10.1. The number of aryl methyl sites for hydroxylation is 1. The van der Waals surface area contributed by atoms with Crippen LogP contribution < -0.4 is 5.32 Å². The fourth-order valence-corrected chi connectivity index (χ4v) is 2.34. The summed E-state index contributed by atoms with van der Waals surface area (Å²) in [6.45, 7) is 2.88. The Bertz CT molecular complexity index is 609. The molecule has 0 aliphatic heterocycles. The zero-order valence-electron chi connectivity index (χ0n) is 12.3. The number of hydrogen-bond donors (Lipinski definition) is 1. The van der Waals surface area contributed by atoms with Crippen LogP contribution in [-0.2, 0) is 13.5 Å². The summed E-state index contributed by atoms with van der Waals surface area (Å²) in [7, 11) is 1.90. The fraction of sp³-hybridized carbons (Fsp3) is 0.400. The molecule has 1 atom stereocenters. The minimum atomic E-state index is -0.355. The van der Waals surface area contributed by atoms with E-state index >= 15 is 0 Å². The molecule has 1 unspecified atom stereocenters. The van der Waals surface area contributed by atoms with Crippen molar-refractivity contribution in [1.29, 1.82) is 0 Å². The van der Waals surface area contributed by atoms with Crippen molar-refractivity contribution in [1.82, 2.24) is 15.1 Å². The maximum absolute atomic E-state index is 10.8. The average Bonchev–Trinajstić information content (AvgIpc) is 2.89. The van der Waals surface area contributed by atoms with Gasteiger partial charge in [0.25, 0.3) is 5.69 Å². The Morgan fingerprint density at radius 3 is 2.90 bits per heavy atom. The van der Waals surface area contributed by atoms with E-state index in [1.807, 2.05) is 25.5 Å². The number of nitro groups is 1. The van der Waals surface area contributed by atoms with Crippen molar-refractivity contribution in [3.8, 4) is 0 Å². The van der Waals surface area contributed by atoms with E-state index in [2.05, 4.69) is 17.3 Å². The van der Waals surface area contributed by atoms with E-state index in [1.54, 1.807) is 16.8 Å². The molecule has 0 aliphatic carbocycles. The minimum Gasteiger partial charge on any atom is -0.310 e. The molecule has 0 fully saturated rings. The molecule has 6 heteroatoms. The van der Waals surface area contributed by atoms with Crippen LogP contribution in [0.15, 0.2) is 36.7 Å². The lowest BCUT2D eigenvalue weighted by atomic mass is 10.0. The highest BCUT2D eigenvalue weighted by Crippen LogP contribution is 2.21. The number of benzene rings is 1. The van der Waals surface area contributed by atoms with Gasteiger partial charge in [-0.25, -0.2) is 0 Å². The smallest absolute Gasteiger partial charge is 0.269 e. The maximum atomic E-state index is 10.8. The van der Waals surface area contributed by atoms with Crippen LogP contribution in [0.1, 0.15) is 30.5 Å². The lowest BCUT2D eigenvalue weighted by Crippen LogP contribution is -2.23. The Balaban J connectivity index is 1.96. The van der Waals surface area contributed by atoms with E-state index in [0.717, 1.165) is 24.9 Å².